The standard InChI is InChI=1S/C26H27N3O5/c1-5-33-19-9-7-6-8-18(19)24-23-22-20(25(30)28(3)26(31)27(22)2)21(29(23)14-15-34-24)16-10-12-17(32-4)13-11-16/h6-13,24H,5,14-15H2,1-4H3/t24-/m1/s1. The quantitative estimate of drug-likeness (QED) is 0.456. The maximum absolute atomic E-state index is 13.5. The van der Waals surface area contributed by atoms with Crippen LogP contribution in [0.1, 0.15) is 24.3 Å². The molecule has 4 aromatic rings. The number of hydrogen-bond acceptors (Lipinski definition) is 5. The third-order valence-corrected chi connectivity index (χ3v) is 6.42. The summed E-state index contributed by atoms with van der Waals surface area (Å²) >= 11 is 0. The fraction of sp³-hybridized carbons (Fsp3) is 0.308. The predicted octanol–water partition coefficient (Wildman–Crippen LogP) is 3.23. The van der Waals surface area contributed by atoms with E-state index in [9.17, 15) is 9.59 Å². The average molecular weight is 462 g/mol. The minimum absolute atomic E-state index is 0.331. The topological polar surface area (TPSA) is 76.6 Å². The maximum atomic E-state index is 13.5. The largest absolute Gasteiger partial charge is 0.497 e. The van der Waals surface area contributed by atoms with Gasteiger partial charge in [-0.15, -0.1) is 0 Å². The zero-order valence-corrected chi connectivity index (χ0v) is 19.7. The van der Waals surface area contributed by atoms with Crippen molar-refractivity contribution in [2.75, 3.05) is 20.3 Å². The van der Waals surface area contributed by atoms with Crippen molar-refractivity contribution in [2.45, 2.75) is 19.6 Å². The SMILES string of the molecule is CCOc1ccccc1[C@H]1OCCn2c(-c3ccc(OC)cc3)c3c(=O)n(C)c(=O)n(C)c3c21. The molecule has 0 amide bonds. The van der Waals surface area contributed by atoms with Gasteiger partial charge in [0.25, 0.3) is 5.56 Å². The summed E-state index contributed by atoms with van der Waals surface area (Å²) in [6.07, 6.45) is -0.497. The fourth-order valence-electron chi connectivity index (χ4n) is 4.85. The lowest BCUT2D eigenvalue weighted by Crippen LogP contribution is -2.37. The minimum Gasteiger partial charge on any atom is -0.497 e. The molecule has 176 valence electrons. The van der Waals surface area contributed by atoms with Gasteiger partial charge < -0.3 is 18.8 Å². The van der Waals surface area contributed by atoms with Gasteiger partial charge in [-0.05, 0) is 42.8 Å². The number of para-hydroxylation sites is 1. The number of fused-ring (bicyclic) bond motifs is 3. The molecule has 0 N–H and O–H groups in total. The molecule has 2 aromatic carbocycles. The Morgan fingerprint density at radius 2 is 1.76 bits per heavy atom. The molecule has 2 aromatic heterocycles. The van der Waals surface area contributed by atoms with Crippen molar-refractivity contribution in [3.63, 3.8) is 0 Å². The molecule has 0 saturated carbocycles. The number of aryl methyl sites for hydroxylation is 1. The van der Waals surface area contributed by atoms with Gasteiger partial charge in [-0.25, -0.2) is 4.79 Å². The Hall–Kier alpha value is -3.78. The van der Waals surface area contributed by atoms with Crippen molar-refractivity contribution in [3.8, 4) is 22.8 Å². The molecular weight excluding hydrogens is 434 g/mol. The average Bonchev–Trinajstić information content (AvgIpc) is 3.22. The van der Waals surface area contributed by atoms with Crippen LogP contribution in [0, 0.1) is 0 Å². The van der Waals surface area contributed by atoms with Crippen LogP contribution in [0.4, 0.5) is 0 Å². The third-order valence-electron chi connectivity index (χ3n) is 6.42. The Balaban J connectivity index is 1.89. The van der Waals surface area contributed by atoms with E-state index in [1.54, 1.807) is 18.7 Å². The maximum Gasteiger partial charge on any atom is 0.331 e. The number of benzene rings is 2. The monoisotopic (exact) mass is 461 g/mol. The lowest BCUT2D eigenvalue weighted by molar-refractivity contribution is 0.0461. The number of nitrogens with zero attached hydrogens (tertiary/aromatic N) is 3. The van der Waals surface area contributed by atoms with Crippen molar-refractivity contribution >= 4 is 10.9 Å². The molecule has 1 atom stereocenters. The van der Waals surface area contributed by atoms with Crippen molar-refractivity contribution in [1.82, 2.24) is 13.7 Å². The van der Waals surface area contributed by atoms with Gasteiger partial charge >= 0.3 is 5.69 Å². The van der Waals surface area contributed by atoms with E-state index in [0.29, 0.717) is 30.7 Å². The van der Waals surface area contributed by atoms with Crippen molar-refractivity contribution in [1.29, 1.82) is 0 Å². The van der Waals surface area contributed by atoms with E-state index in [-0.39, 0.29) is 11.2 Å². The van der Waals surface area contributed by atoms with Crippen LogP contribution < -0.4 is 20.7 Å². The molecule has 3 heterocycles. The highest BCUT2D eigenvalue weighted by Crippen LogP contribution is 2.42. The number of ether oxygens (including phenoxy) is 3. The lowest BCUT2D eigenvalue weighted by Gasteiger charge is -2.28. The Bertz CT molecular complexity index is 1490. The molecule has 0 radical (unpaired) electrons. The van der Waals surface area contributed by atoms with Crippen molar-refractivity contribution < 1.29 is 14.2 Å². The highest BCUT2D eigenvalue weighted by atomic mass is 16.5. The number of methoxy groups -OCH3 is 1. The minimum atomic E-state index is -0.497. The predicted molar refractivity (Wildman–Crippen MR) is 130 cm³/mol. The molecule has 8 nitrogen and oxygen atoms in total. The van der Waals surface area contributed by atoms with Gasteiger partial charge in [0.05, 0.1) is 42.6 Å². The summed E-state index contributed by atoms with van der Waals surface area (Å²) in [5.41, 5.74) is 3.14. The third kappa shape index (κ3) is 3.25. The molecule has 1 aliphatic heterocycles. The normalized spacial score (nSPS) is 15.4. The molecule has 0 spiro atoms. The van der Waals surface area contributed by atoms with Crippen LogP contribution in [0.15, 0.2) is 58.1 Å². The second-order valence-electron chi connectivity index (χ2n) is 8.27. The van der Waals surface area contributed by atoms with Gasteiger partial charge in [0, 0.05) is 26.2 Å². The fourth-order valence-corrected chi connectivity index (χ4v) is 4.85. The Kier molecular flexibility index (Phi) is 5.53. The first-order valence-corrected chi connectivity index (χ1v) is 11.3. The van der Waals surface area contributed by atoms with Gasteiger partial charge in [0.15, 0.2) is 0 Å². The van der Waals surface area contributed by atoms with Gasteiger partial charge in [-0.3, -0.25) is 13.9 Å². The second-order valence-corrected chi connectivity index (χ2v) is 8.27. The first-order valence-electron chi connectivity index (χ1n) is 11.3. The molecule has 0 saturated heterocycles. The lowest BCUT2D eigenvalue weighted by atomic mass is 10.0. The summed E-state index contributed by atoms with van der Waals surface area (Å²) in [5.74, 6) is 1.45. The van der Waals surface area contributed by atoms with Crippen LogP contribution in [0.25, 0.3) is 22.2 Å². The van der Waals surface area contributed by atoms with E-state index in [1.807, 2.05) is 55.5 Å². The Morgan fingerprint density at radius 1 is 1.03 bits per heavy atom. The van der Waals surface area contributed by atoms with E-state index in [0.717, 1.165) is 38.6 Å². The van der Waals surface area contributed by atoms with Crippen LogP contribution in [0.5, 0.6) is 11.5 Å². The molecule has 0 fully saturated rings. The number of rotatable bonds is 5. The Labute approximate surface area is 196 Å². The molecule has 8 heteroatoms. The molecule has 5 rings (SSSR count). The summed E-state index contributed by atoms with van der Waals surface area (Å²) in [4.78, 5) is 26.5. The van der Waals surface area contributed by atoms with Crippen molar-refractivity contribution in [3.05, 3.63) is 80.6 Å². The van der Waals surface area contributed by atoms with E-state index >= 15 is 0 Å². The molecule has 0 bridgehead atoms. The molecular formula is C26H27N3O5. The van der Waals surface area contributed by atoms with E-state index in [2.05, 4.69) is 4.57 Å². The second kappa shape index (κ2) is 8.53. The van der Waals surface area contributed by atoms with E-state index < -0.39 is 6.10 Å². The molecule has 0 aliphatic carbocycles. The summed E-state index contributed by atoms with van der Waals surface area (Å²) in [7, 11) is 4.83. The van der Waals surface area contributed by atoms with Crippen LogP contribution in [-0.4, -0.2) is 34.0 Å². The zero-order valence-electron chi connectivity index (χ0n) is 19.7. The number of hydrogen-bond donors (Lipinski definition) is 0. The van der Waals surface area contributed by atoms with Gasteiger partial charge in [0.1, 0.15) is 17.6 Å². The van der Waals surface area contributed by atoms with Crippen molar-refractivity contribution in [2.24, 2.45) is 14.1 Å². The van der Waals surface area contributed by atoms with E-state index in [1.165, 1.54) is 7.05 Å². The van der Waals surface area contributed by atoms with Crippen LogP contribution >= 0.6 is 0 Å². The molecule has 0 unspecified atom stereocenters. The van der Waals surface area contributed by atoms with Crippen LogP contribution in [-0.2, 0) is 25.4 Å². The zero-order chi connectivity index (χ0) is 24.0. The Morgan fingerprint density at radius 3 is 2.47 bits per heavy atom. The molecule has 1 aliphatic rings. The van der Waals surface area contributed by atoms with Gasteiger partial charge in [0.2, 0.25) is 0 Å². The highest BCUT2D eigenvalue weighted by molar-refractivity contribution is 5.96. The van der Waals surface area contributed by atoms with Gasteiger partial charge in [-0.1, -0.05) is 18.2 Å². The highest BCUT2D eigenvalue weighted by Gasteiger charge is 2.34. The summed E-state index contributed by atoms with van der Waals surface area (Å²) in [5, 5.41) is 0.495. The summed E-state index contributed by atoms with van der Waals surface area (Å²) in [6.45, 7) is 3.46. The van der Waals surface area contributed by atoms with Gasteiger partial charge in [-0.2, -0.15) is 0 Å². The summed E-state index contributed by atoms with van der Waals surface area (Å²) < 4.78 is 22.3. The van der Waals surface area contributed by atoms with Crippen LogP contribution in [0.2, 0.25) is 0 Å². The first kappa shape index (κ1) is 22.0. The smallest absolute Gasteiger partial charge is 0.331 e. The van der Waals surface area contributed by atoms with E-state index in [4.69, 9.17) is 14.2 Å². The number of aromatic nitrogens is 3. The molecule has 34 heavy (non-hydrogen) atoms. The summed E-state index contributed by atoms with van der Waals surface area (Å²) in [6, 6.07) is 15.3. The van der Waals surface area contributed by atoms with Crippen LogP contribution in [0.3, 0.4) is 0 Å². The first-order chi connectivity index (χ1) is 16.5.